The van der Waals surface area contributed by atoms with E-state index >= 15 is 0 Å². The highest BCUT2D eigenvalue weighted by atomic mass is 19.1. The summed E-state index contributed by atoms with van der Waals surface area (Å²) in [6.45, 7) is 0. The molecule has 0 aliphatic carbocycles. The van der Waals surface area contributed by atoms with Gasteiger partial charge in [0.1, 0.15) is 5.82 Å². The molecule has 0 aromatic heterocycles. The van der Waals surface area contributed by atoms with Crippen LogP contribution < -0.4 is 5.32 Å². The maximum absolute atomic E-state index is 13.3. The quantitative estimate of drug-likeness (QED) is 0.303. The van der Waals surface area contributed by atoms with Crippen LogP contribution in [0.1, 0.15) is 0 Å². The first kappa shape index (κ1) is 19.8. The molecule has 5 aromatic carbocycles. The van der Waals surface area contributed by atoms with Crippen molar-refractivity contribution in [1.82, 2.24) is 0 Å². The lowest BCUT2D eigenvalue weighted by atomic mass is 9.95. The minimum Gasteiger partial charge on any atom is -0.355 e. The van der Waals surface area contributed by atoms with Gasteiger partial charge in [0.05, 0.1) is 0 Å². The van der Waals surface area contributed by atoms with Crippen LogP contribution in [-0.2, 0) is 0 Å². The van der Waals surface area contributed by atoms with Crippen LogP contribution in [0.15, 0.2) is 127 Å². The van der Waals surface area contributed by atoms with E-state index in [0.29, 0.717) is 0 Å². The third-order valence-corrected chi connectivity index (χ3v) is 5.53. The Hall–Kier alpha value is -4.17. The van der Waals surface area contributed by atoms with Crippen LogP contribution in [0.4, 0.5) is 15.8 Å². The summed E-state index contributed by atoms with van der Waals surface area (Å²) in [5, 5.41) is 3.42. The standard InChI is InChI=1S/C30H22FN/c31-27-16-18-28(19-17-27)32-30-15-5-4-14-29(30)26-13-7-12-25(21-26)24-11-6-10-23(20-24)22-8-2-1-3-9-22/h1-21,32H. The normalized spacial score (nSPS) is 10.7. The first-order valence-corrected chi connectivity index (χ1v) is 10.6. The molecule has 2 heteroatoms. The van der Waals surface area contributed by atoms with Crippen LogP contribution >= 0.6 is 0 Å². The molecule has 0 atom stereocenters. The van der Waals surface area contributed by atoms with Crippen molar-refractivity contribution in [2.24, 2.45) is 0 Å². The van der Waals surface area contributed by atoms with Gasteiger partial charge in [-0.25, -0.2) is 4.39 Å². The summed E-state index contributed by atoms with van der Waals surface area (Å²) in [6.07, 6.45) is 0. The van der Waals surface area contributed by atoms with E-state index in [2.05, 4.69) is 84.2 Å². The third kappa shape index (κ3) is 4.30. The van der Waals surface area contributed by atoms with Crippen LogP contribution in [-0.4, -0.2) is 0 Å². The fourth-order valence-electron chi connectivity index (χ4n) is 3.91. The lowest BCUT2D eigenvalue weighted by Gasteiger charge is -2.14. The molecule has 5 rings (SSSR count). The number of nitrogens with one attached hydrogen (secondary N) is 1. The van der Waals surface area contributed by atoms with E-state index < -0.39 is 0 Å². The monoisotopic (exact) mass is 415 g/mol. The van der Waals surface area contributed by atoms with Crippen molar-refractivity contribution in [3.8, 4) is 33.4 Å². The molecule has 1 N–H and O–H groups in total. The molecule has 32 heavy (non-hydrogen) atoms. The van der Waals surface area contributed by atoms with Crippen molar-refractivity contribution in [3.63, 3.8) is 0 Å². The molecule has 0 saturated carbocycles. The van der Waals surface area contributed by atoms with Gasteiger partial charge in [0.15, 0.2) is 0 Å². The summed E-state index contributed by atoms with van der Waals surface area (Å²) >= 11 is 0. The number of anilines is 2. The second-order valence-electron chi connectivity index (χ2n) is 7.71. The van der Waals surface area contributed by atoms with Crippen molar-refractivity contribution in [2.75, 3.05) is 5.32 Å². The lowest BCUT2D eigenvalue weighted by Crippen LogP contribution is -1.93. The molecule has 0 radical (unpaired) electrons. The fourth-order valence-corrected chi connectivity index (χ4v) is 3.91. The van der Waals surface area contributed by atoms with E-state index in [0.717, 1.165) is 28.1 Å². The highest BCUT2D eigenvalue weighted by Gasteiger charge is 2.08. The van der Waals surface area contributed by atoms with Crippen LogP contribution in [0.25, 0.3) is 33.4 Å². The Kier molecular flexibility index (Phi) is 5.50. The van der Waals surface area contributed by atoms with Crippen molar-refractivity contribution in [1.29, 1.82) is 0 Å². The van der Waals surface area contributed by atoms with E-state index in [4.69, 9.17) is 0 Å². The topological polar surface area (TPSA) is 12.0 Å². The Bertz CT molecular complexity index is 1340. The summed E-state index contributed by atoms with van der Waals surface area (Å²) in [7, 11) is 0. The molecule has 0 saturated heterocycles. The summed E-state index contributed by atoms with van der Waals surface area (Å²) < 4.78 is 13.3. The Morgan fingerprint density at radius 3 is 1.69 bits per heavy atom. The molecule has 0 amide bonds. The molecule has 1 nitrogen and oxygen atoms in total. The van der Waals surface area contributed by atoms with Gasteiger partial charge in [-0.1, -0.05) is 84.9 Å². The largest absolute Gasteiger partial charge is 0.355 e. The lowest BCUT2D eigenvalue weighted by molar-refractivity contribution is 0.628. The molecule has 0 unspecified atom stereocenters. The van der Waals surface area contributed by atoms with Crippen molar-refractivity contribution >= 4 is 11.4 Å². The fraction of sp³-hybridized carbons (Fsp3) is 0. The Morgan fingerprint density at radius 1 is 0.438 bits per heavy atom. The first-order valence-electron chi connectivity index (χ1n) is 10.6. The maximum atomic E-state index is 13.3. The SMILES string of the molecule is Fc1ccc(Nc2ccccc2-c2cccc(-c3cccc(-c4ccccc4)c3)c2)cc1. The van der Waals surface area contributed by atoms with Crippen LogP contribution in [0.3, 0.4) is 0 Å². The summed E-state index contributed by atoms with van der Waals surface area (Å²) in [4.78, 5) is 0. The summed E-state index contributed by atoms with van der Waals surface area (Å²) in [6, 6.07) is 42.2. The van der Waals surface area contributed by atoms with Gasteiger partial charge in [-0.2, -0.15) is 0 Å². The number of rotatable bonds is 5. The van der Waals surface area contributed by atoms with Crippen molar-refractivity contribution in [2.45, 2.75) is 0 Å². The van der Waals surface area contributed by atoms with E-state index in [1.807, 2.05) is 24.3 Å². The van der Waals surface area contributed by atoms with Gasteiger partial charge in [-0.15, -0.1) is 0 Å². The molecule has 0 heterocycles. The predicted octanol–water partition coefficient (Wildman–Crippen LogP) is 8.57. The smallest absolute Gasteiger partial charge is 0.123 e. The van der Waals surface area contributed by atoms with Gasteiger partial charge in [0.2, 0.25) is 0 Å². The second-order valence-corrected chi connectivity index (χ2v) is 7.71. The highest BCUT2D eigenvalue weighted by molar-refractivity contribution is 5.84. The molecular formula is C30H22FN. The number of hydrogen-bond donors (Lipinski definition) is 1. The number of para-hydroxylation sites is 1. The van der Waals surface area contributed by atoms with E-state index in [9.17, 15) is 4.39 Å². The average molecular weight is 416 g/mol. The van der Waals surface area contributed by atoms with Gasteiger partial charge >= 0.3 is 0 Å². The van der Waals surface area contributed by atoms with Gasteiger partial charge < -0.3 is 5.32 Å². The number of halogens is 1. The molecule has 0 spiro atoms. The zero-order valence-corrected chi connectivity index (χ0v) is 17.5. The van der Waals surface area contributed by atoms with Gasteiger partial charge in [0.25, 0.3) is 0 Å². The molecule has 154 valence electrons. The molecular weight excluding hydrogens is 393 g/mol. The minimum atomic E-state index is -0.241. The zero-order valence-electron chi connectivity index (χ0n) is 17.5. The van der Waals surface area contributed by atoms with Gasteiger partial charge in [-0.05, 0) is 70.3 Å². The predicted molar refractivity (Wildman–Crippen MR) is 132 cm³/mol. The molecule has 0 aliphatic rings. The number of hydrogen-bond acceptors (Lipinski definition) is 1. The highest BCUT2D eigenvalue weighted by Crippen LogP contribution is 2.34. The third-order valence-electron chi connectivity index (χ3n) is 5.53. The average Bonchev–Trinajstić information content (AvgIpc) is 2.86. The molecule has 5 aromatic rings. The molecule has 0 bridgehead atoms. The van der Waals surface area contributed by atoms with E-state index in [-0.39, 0.29) is 5.82 Å². The zero-order chi connectivity index (χ0) is 21.8. The van der Waals surface area contributed by atoms with E-state index in [1.54, 1.807) is 12.1 Å². The summed E-state index contributed by atoms with van der Waals surface area (Å²) in [5.41, 5.74) is 8.80. The van der Waals surface area contributed by atoms with Crippen molar-refractivity contribution in [3.05, 3.63) is 133 Å². The van der Waals surface area contributed by atoms with Gasteiger partial charge in [-0.3, -0.25) is 0 Å². The molecule has 0 fully saturated rings. The van der Waals surface area contributed by atoms with E-state index in [1.165, 1.54) is 28.8 Å². The Morgan fingerprint density at radius 2 is 0.969 bits per heavy atom. The second kappa shape index (κ2) is 8.91. The van der Waals surface area contributed by atoms with Crippen LogP contribution in [0.2, 0.25) is 0 Å². The number of benzene rings is 5. The molecule has 0 aliphatic heterocycles. The van der Waals surface area contributed by atoms with Gasteiger partial charge in [0, 0.05) is 16.9 Å². The maximum Gasteiger partial charge on any atom is 0.123 e. The Labute approximate surface area is 187 Å². The van der Waals surface area contributed by atoms with Crippen LogP contribution in [0, 0.1) is 5.82 Å². The Balaban J connectivity index is 1.50. The van der Waals surface area contributed by atoms with Crippen LogP contribution in [0.5, 0.6) is 0 Å². The van der Waals surface area contributed by atoms with Crippen molar-refractivity contribution < 1.29 is 4.39 Å². The first-order chi connectivity index (χ1) is 15.8. The summed E-state index contributed by atoms with van der Waals surface area (Å²) in [5.74, 6) is -0.241. The minimum absolute atomic E-state index is 0.241.